The molecule has 2 rings (SSSR count). The standard InChI is InChI=1S/C14H21FN2O2S/c1-10-3-8-13(15)14(9-10)20(18,19)17(2)12-6-4-11(16)5-7-12/h3,8-9,11-12H,4-7,16H2,1-2H3. The summed E-state index contributed by atoms with van der Waals surface area (Å²) in [5.74, 6) is -0.699. The van der Waals surface area contributed by atoms with Gasteiger partial charge in [0.25, 0.3) is 0 Å². The van der Waals surface area contributed by atoms with E-state index in [4.69, 9.17) is 5.73 Å². The molecule has 112 valence electrons. The molecule has 2 N–H and O–H groups in total. The summed E-state index contributed by atoms with van der Waals surface area (Å²) in [5.41, 5.74) is 6.56. The van der Waals surface area contributed by atoms with E-state index in [0.717, 1.165) is 31.2 Å². The molecule has 0 saturated heterocycles. The highest BCUT2D eigenvalue weighted by Crippen LogP contribution is 2.27. The maximum absolute atomic E-state index is 13.8. The molecule has 0 spiro atoms. The Morgan fingerprint density at radius 2 is 1.85 bits per heavy atom. The maximum Gasteiger partial charge on any atom is 0.245 e. The Morgan fingerprint density at radius 3 is 2.45 bits per heavy atom. The molecular formula is C14H21FN2O2S. The topological polar surface area (TPSA) is 63.4 Å². The summed E-state index contributed by atoms with van der Waals surface area (Å²) in [6, 6.07) is 4.20. The monoisotopic (exact) mass is 300 g/mol. The SMILES string of the molecule is Cc1ccc(F)c(S(=O)(=O)N(C)C2CCC(N)CC2)c1. The molecule has 1 aliphatic carbocycles. The highest BCUT2D eigenvalue weighted by atomic mass is 32.2. The Kier molecular flexibility index (Phi) is 4.46. The predicted octanol–water partition coefficient (Wildman–Crippen LogP) is 2.02. The van der Waals surface area contributed by atoms with Crippen molar-refractivity contribution >= 4 is 10.0 Å². The molecule has 0 unspecified atom stereocenters. The predicted molar refractivity (Wildman–Crippen MR) is 76.3 cm³/mol. The molecule has 0 radical (unpaired) electrons. The van der Waals surface area contributed by atoms with Crippen molar-refractivity contribution in [3.8, 4) is 0 Å². The van der Waals surface area contributed by atoms with E-state index in [1.165, 1.54) is 23.5 Å². The van der Waals surface area contributed by atoms with Crippen LogP contribution < -0.4 is 5.73 Å². The van der Waals surface area contributed by atoms with Crippen LogP contribution in [0.15, 0.2) is 23.1 Å². The van der Waals surface area contributed by atoms with E-state index < -0.39 is 15.8 Å². The first-order valence-corrected chi connectivity index (χ1v) is 8.26. The number of benzene rings is 1. The fraction of sp³-hybridized carbons (Fsp3) is 0.571. The van der Waals surface area contributed by atoms with Crippen LogP contribution >= 0.6 is 0 Å². The van der Waals surface area contributed by atoms with E-state index >= 15 is 0 Å². The van der Waals surface area contributed by atoms with Gasteiger partial charge in [-0.3, -0.25) is 0 Å². The minimum atomic E-state index is -3.79. The van der Waals surface area contributed by atoms with Crippen LogP contribution in [0.25, 0.3) is 0 Å². The molecule has 0 heterocycles. The van der Waals surface area contributed by atoms with Gasteiger partial charge in [0.1, 0.15) is 10.7 Å². The minimum absolute atomic E-state index is 0.0975. The molecule has 1 aliphatic rings. The van der Waals surface area contributed by atoms with Gasteiger partial charge in [-0.25, -0.2) is 12.8 Å². The van der Waals surface area contributed by atoms with Crippen molar-refractivity contribution in [3.63, 3.8) is 0 Å². The lowest BCUT2D eigenvalue weighted by Gasteiger charge is -2.32. The Balaban J connectivity index is 2.27. The fourth-order valence-electron chi connectivity index (χ4n) is 2.62. The number of aryl methyl sites for hydroxylation is 1. The average molecular weight is 300 g/mol. The number of nitrogens with zero attached hydrogens (tertiary/aromatic N) is 1. The highest BCUT2D eigenvalue weighted by Gasteiger charge is 2.32. The quantitative estimate of drug-likeness (QED) is 0.929. The van der Waals surface area contributed by atoms with Crippen molar-refractivity contribution in [2.75, 3.05) is 7.05 Å². The molecule has 0 aliphatic heterocycles. The van der Waals surface area contributed by atoms with Crippen LogP contribution in [0.2, 0.25) is 0 Å². The Labute approximate surface area is 119 Å². The summed E-state index contributed by atoms with van der Waals surface area (Å²) in [6.07, 6.45) is 3.07. The summed E-state index contributed by atoms with van der Waals surface area (Å²) in [4.78, 5) is -0.241. The lowest BCUT2D eigenvalue weighted by molar-refractivity contribution is 0.268. The van der Waals surface area contributed by atoms with E-state index in [2.05, 4.69) is 0 Å². The van der Waals surface area contributed by atoms with Crippen LogP contribution in [0.5, 0.6) is 0 Å². The zero-order chi connectivity index (χ0) is 14.9. The minimum Gasteiger partial charge on any atom is -0.328 e. The number of rotatable bonds is 3. The van der Waals surface area contributed by atoms with Crippen molar-refractivity contribution in [3.05, 3.63) is 29.6 Å². The molecule has 0 amide bonds. The molecule has 1 fully saturated rings. The molecule has 20 heavy (non-hydrogen) atoms. The summed E-state index contributed by atoms with van der Waals surface area (Å²) in [6.45, 7) is 1.75. The van der Waals surface area contributed by atoms with Gasteiger partial charge in [-0.1, -0.05) is 6.07 Å². The van der Waals surface area contributed by atoms with Crippen molar-refractivity contribution in [2.45, 2.75) is 49.6 Å². The van der Waals surface area contributed by atoms with Crippen molar-refractivity contribution < 1.29 is 12.8 Å². The summed E-state index contributed by atoms with van der Waals surface area (Å²) < 4.78 is 40.2. The average Bonchev–Trinajstić information content (AvgIpc) is 2.41. The lowest BCUT2D eigenvalue weighted by Crippen LogP contribution is -2.42. The van der Waals surface area contributed by atoms with Crippen LogP contribution in [0.4, 0.5) is 4.39 Å². The van der Waals surface area contributed by atoms with Crippen LogP contribution in [-0.2, 0) is 10.0 Å². The van der Waals surface area contributed by atoms with E-state index in [1.54, 1.807) is 13.0 Å². The molecular weight excluding hydrogens is 279 g/mol. The number of halogens is 1. The van der Waals surface area contributed by atoms with Gasteiger partial charge in [-0.2, -0.15) is 4.31 Å². The second kappa shape index (κ2) is 5.79. The maximum atomic E-state index is 13.8. The molecule has 1 saturated carbocycles. The lowest BCUT2D eigenvalue weighted by atomic mass is 9.92. The number of sulfonamides is 1. The van der Waals surface area contributed by atoms with Gasteiger partial charge < -0.3 is 5.73 Å². The van der Waals surface area contributed by atoms with Gasteiger partial charge in [0.15, 0.2) is 0 Å². The second-order valence-corrected chi connectivity index (χ2v) is 7.49. The summed E-state index contributed by atoms with van der Waals surface area (Å²) in [5, 5.41) is 0. The summed E-state index contributed by atoms with van der Waals surface area (Å²) >= 11 is 0. The van der Waals surface area contributed by atoms with Gasteiger partial charge in [0.05, 0.1) is 0 Å². The first-order valence-electron chi connectivity index (χ1n) is 6.82. The molecule has 0 aromatic heterocycles. The van der Waals surface area contributed by atoms with Crippen molar-refractivity contribution in [2.24, 2.45) is 5.73 Å². The first kappa shape index (κ1) is 15.4. The van der Waals surface area contributed by atoms with Crippen LogP contribution in [0.1, 0.15) is 31.2 Å². The number of hydrogen-bond donors (Lipinski definition) is 1. The van der Waals surface area contributed by atoms with Crippen LogP contribution in [0.3, 0.4) is 0 Å². The van der Waals surface area contributed by atoms with Crippen molar-refractivity contribution in [1.82, 2.24) is 4.31 Å². The third kappa shape index (κ3) is 3.02. The molecule has 1 aromatic rings. The van der Waals surface area contributed by atoms with E-state index in [9.17, 15) is 12.8 Å². The third-order valence-corrected chi connectivity index (χ3v) is 5.92. The zero-order valence-electron chi connectivity index (χ0n) is 11.8. The van der Waals surface area contributed by atoms with Gasteiger partial charge in [-0.05, 0) is 50.3 Å². The Morgan fingerprint density at radius 1 is 1.25 bits per heavy atom. The Bertz CT molecular complexity index is 581. The summed E-state index contributed by atoms with van der Waals surface area (Å²) in [7, 11) is -2.27. The third-order valence-electron chi connectivity index (χ3n) is 4.00. The van der Waals surface area contributed by atoms with E-state index in [-0.39, 0.29) is 17.0 Å². The number of hydrogen-bond acceptors (Lipinski definition) is 3. The fourth-order valence-corrected chi connectivity index (χ4v) is 4.19. The van der Waals surface area contributed by atoms with Gasteiger partial charge in [0.2, 0.25) is 10.0 Å². The van der Waals surface area contributed by atoms with Gasteiger partial charge in [0, 0.05) is 19.1 Å². The molecule has 1 aromatic carbocycles. The van der Waals surface area contributed by atoms with E-state index in [0.29, 0.717) is 0 Å². The first-order chi connectivity index (χ1) is 9.32. The van der Waals surface area contributed by atoms with Crippen molar-refractivity contribution in [1.29, 1.82) is 0 Å². The molecule has 6 heteroatoms. The van der Waals surface area contributed by atoms with E-state index in [1.807, 2.05) is 0 Å². The van der Waals surface area contributed by atoms with Gasteiger partial charge >= 0.3 is 0 Å². The molecule has 0 bridgehead atoms. The largest absolute Gasteiger partial charge is 0.328 e. The number of nitrogens with two attached hydrogens (primary N) is 1. The Hall–Kier alpha value is -0.980. The van der Waals surface area contributed by atoms with Crippen LogP contribution in [0, 0.1) is 12.7 Å². The highest BCUT2D eigenvalue weighted by molar-refractivity contribution is 7.89. The molecule has 0 atom stereocenters. The van der Waals surface area contributed by atoms with Gasteiger partial charge in [-0.15, -0.1) is 0 Å². The normalized spacial score (nSPS) is 24.1. The molecule has 4 nitrogen and oxygen atoms in total. The van der Waals surface area contributed by atoms with Crippen LogP contribution in [-0.4, -0.2) is 31.9 Å². The smallest absolute Gasteiger partial charge is 0.245 e. The zero-order valence-corrected chi connectivity index (χ0v) is 12.7. The second-order valence-electron chi connectivity index (χ2n) is 5.52.